The molecule has 3 heterocycles. The van der Waals surface area contributed by atoms with Gasteiger partial charge in [-0.05, 0) is 0 Å². The zero-order valence-corrected chi connectivity index (χ0v) is 18.6. The molecule has 0 N–H and O–H groups in total. The molecule has 31 heavy (non-hydrogen) atoms. The van der Waals surface area contributed by atoms with Gasteiger partial charge in [0, 0.05) is 0 Å². The fourth-order valence-corrected chi connectivity index (χ4v) is 4.70. The van der Waals surface area contributed by atoms with Crippen molar-refractivity contribution in [3.63, 3.8) is 0 Å². The summed E-state index contributed by atoms with van der Waals surface area (Å²) in [4.78, 5) is 14.4. The van der Waals surface area contributed by atoms with Crippen molar-refractivity contribution in [3.05, 3.63) is 78.9 Å². The number of aromatic nitrogens is 4. The van der Waals surface area contributed by atoms with E-state index < -0.39 is 0 Å². The van der Waals surface area contributed by atoms with Crippen LogP contribution in [-0.2, 0) is 0 Å². The number of hydrogen-bond donors (Lipinski definition) is 0. The van der Waals surface area contributed by atoms with Gasteiger partial charge < -0.3 is 0 Å². The molecule has 1 saturated carbocycles. The van der Waals surface area contributed by atoms with Gasteiger partial charge in [-0.15, -0.1) is 0 Å². The van der Waals surface area contributed by atoms with Gasteiger partial charge in [0.1, 0.15) is 0 Å². The van der Waals surface area contributed by atoms with E-state index in [4.69, 9.17) is 14.7 Å². The Kier molecular flexibility index (Phi) is 4.50. The first-order valence-electron chi connectivity index (χ1n) is 10.5. The molecule has 3 aromatic heterocycles. The van der Waals surface area contributed by atoms with E-state index in [1.807, 2.05) is 54.9 Å². The van der Waals surface area contributed by atoms with Crippen LogP contribution in [-0.4, -0.2) is 36.2 Å². The van der Waals surface area contributed by atoms with Crippen LogP contribution in [0.5, 0.6) is 11.6 Å². The van der Waals surface area contributed by atoms with E-state index in [0.29, 0.717) is 11.8 Å². The van der Waals surface area contributed by atoms with Crippen LogP contribution in [0, 0.1) is 0 Å². The van der Waals surface area contributed by atoms with Crippen LogP contribution < -0.4 is 9.22 Å². The van der Waals surface area contributed by atoms with Gasteiger partial charge in [-0.2, -0.15) is 0 Å². The molecule has 1 aliphatic carbocycles. The molecule has 5 nitrogen and oxygen atoms in total. The van der Waals surface area contributed by atoms with Crippen LogP contribution in [0.3, 0.4) is 0 Å². The Morgan fingerprint density at radius 2 is 1.81 bits per heavy atom. The van der Waals surface area contributed by atoms with Crippen molar-refractivity contribution >= 4 is 37.8 Å². The molecule has 0 spiro atoms. The summed E-state index contributed by atoms with van der Waals surface area (Å²) >= 11 is 2.58. The van der Waals surface area contributed by atoms with E-state index >= 15 is 0 Å². The third-order valence-electron chi connectivity index (χ3n) is 5.94. The molecule has 5 aromatic rings. The maximum absolute atomic E-state index is 5.94. The fraction of sp³-hybridized carbons (Fsp3) is 0.160. The van der Waals surface area contributed by atoms with Crippen LogP contribution >= 0.6 is 0 Å². The molecule has 6 rings (SSSR count). The van der Waals surface area contributed by atoms with E-state index in [-0.39, 0.29) is 0 Å². The summed E-state index contributed by atoms with van der Waals surface area (Å²) in [6.45, 7) is 0. The predicted molar refractivity (Wildman–Crippen MR) is 122 cm³/mol. The van der Waals surface area contributed by atoms with Gasteiger partial charge in [-0.25, -0.2) is 0 Å². The van der Waals surface area contributed by atoms with Gasteiger partial charge in [0.25, 0.3) is 0 Å². The van der Waals surface area contributed by atoms with E-state index in [1.165, 1.54) is 19.3 Å². The minimum absolute atomic E-state index is 0.528. The van der Waals surface area contributed by atoms with Crippen LogP contribution in [0.2, 0.25) is 0 Å². The Bertz CT molecular complexity index is 1410. The molecule has 0 atom stereocenters. The Balaban J connectivity index is 1.46. The number of pyridine rings is 1. The van der Waals surface area contributed by atoms with Crippen molar-refractivity contribution in [2.75, 3.05) is 0 Å². The summed E-state index contributed by atoms with van der Waals surface area (Å²) in [7, 11) is 0. The Labute approximate surface area is 188 Å². The number of imidazole rings is 1. The average molecular weight is 466 g/mol. The molecule has 0 aliphatic heterocycles. The second-order valence-electron chi connectivity index (χ2n) is 7.89. The number of benzene rings is 2. The third kappa shape index (κ3) is 3.30. The Morgan fingerprint density at radius 1 is 0.968 bits per heavy atom. The number of fused-ring (bicyclic) bond motifs is 2. The number of rotatable bonds is 4. The van der Waals surface area contributed by atoms with Crippen molar-refractivity contribution < 1.29 is 4.74 Å². The van der Waals surface area contributed by atoms with Gasteiger partial charge in [0.2, 0.25) is 0 Å². The molecule has 6 heteroatoms. The average Bonchev–Trinajstić information content (AvgIpc) is 3.13. The van der Waals surface area contributed by atoms with Crippen molar-refractivity contribution in [3.8, 4) is 22.9 Å². The second-order valence-corrected chi connectivity index (χ2v) is 8.78. The molecule has 150 valence electrons. The van der Waals surface area contributed by atoms with Gasteiger partial charge in [-0.1, -0.05) is 6.07 Å². The van der Waals surface area contributed by atoms with E-state index in [2.05, 4.69) is 44.4 Å². The summed E-state index contributed by atoms with van der Waals surface area (Å²) in [5.74, 6) is 3.02. The fourth-order valence-electron chi connectivity index (χ4n) is 4.11. The summed E-state index contributed by atoms with van der Waals surface area (Å²) in [5, 5.41) is 1.07. The quantitative estimate of drug-likeness (QED) is 0.357. The summed E-state index contributed by atoms with van der Waals surface area (Å²) in [5.41, 5.74) is 3.94. The zero-order valence-electron chi connectivity index (χ0n) is 16.8. The summed E-state index contributed by atoms with van der Waals surface area (Å²) in [6, 6.07) is 20.0. The SMILES string of the molecule is [As]c1nccn2c(C3CCC3)nc(-c3ccc4ccc(Oc5ccccc5)nc4c3)c12. The van der Waals surface area contributed by atoms with Gasteiger partial charge >= 0.3 is 183 Å². The van der Waals surface area contributed by atoms with Crippen molar-refractivity contribution in [2.24, 2.45) is 0 Å². The Morgan fingerprint density at radius 3 is 2.61 bits per heavy atom. The molecule has 2 aromatic carbocycles. The Hall–Kier alpha value is -3.17. The van der Waals surface area contributed by atoms with Crippen LogP contribution in [0.1, 0.15) is 31.0 Å². The third-order valence-corrected chi connectivity index (χ3v) is 6.63. The molecular formula is C25H19AsN4O. The molecule has 0 unspecified atom stereocenters. The van der Waals surface area contributed by atoms with Crippen molar-refractivity contribution in [2.45, 2.75) is 25.2 Å². The topological polar surface area (TPSA) is 52.3 Å². The molecule has 1 aliphatic rings. The second kappa shape index (κ2) is 7.51. The van der Waals surface area contributed by atoms with Crippen LogP contribution in [0.4, 0.5) is 0 Å². The number of hydrogen-bond acceptors (Lipinski definition) is 4. The van der Waals surface area contributed by atoms with E-state index in [0.717, 1.165) is 43.7 Å². The van der Waals surface area contributed by atoms with Gasteiger partial charge in [0.15, 0.2) is 0 Å². The molecule has 0 bridgehead atoms. The molecule has 2 radical (unpaired) electrons. The number of para-hydroxylation sites is 1. The standard InChI is InChI=1S/C25H19AsN4O/c26-24-23-22(29-25(17-5-4-6-17)30(23)14-13-27-24)18-10-9-16-11-12-21(28-20(16)15-18)31-19-7-2-1-3-8-19/h1-3,7-15,17H,4-6H2. The van der Waals surface area contributed by atoms with Crippen LogP contribution in [0.25, 0.3) is 27.7 Å². The summed E-state index contributed by atoms with van der Waals surface area (Å²) in [6.07, 6.45) is 7.56. The van der Waals surface area contributed by atoms with Gasteiger partial charge in [0.05, 0.1) is 0 Å². The normalized spacial score (nSPS) is 14.1. The monoisotopic (exact) mass is 466 g/mol. The first-order chi connectivity index (χ1) is 15.3. The predicted octanol–water partition coefficient (Wildman–Crippen LogP) is 4.80. The molecular weight excluding hydrogens is 447 g/mol. The van der Waals surface area contributed by atoms with Crippen molar-refractivity contribution in [1.29, 1.82) is 0 Å². The van der Waals surface area contributed by atoms with Crippen LogP contribution in [0.15, 0.2) is 73.1 Å². The summed E-state index contributed by atoms with van der Waals surface area (Å²) < 4.78 is 9.08. The van der Waals surface area contributed by atoms with Crippen molar-refractivity contribution in [1.82, 2.24) is 19.4 Å². The zero-order chi connectivity index (χ0) is 20.8. The first kappa shape index (κ1) is 18.6. The van der Waals surface area contributed by atoms with E-state index in [9.17, 15) is 0 Å². The minimum atomic E-state index is 0.528. The first-order valence-corrected chi connectivity index (χ1v) is 11.4. The number of ether oxygens (including phenoxy) is 1. The number of nitrogens with zero attached hydrogens (tertiary/aromatic N) is 4. The molecule has 0 saturated heterocycles. The van der Waals surface area contributed by atoms with Gasteiger partial charge in [-0.3, -0.25) is 0 Å². The maximum atomic E-state index is 5.94. The molecule has 1 fully saturated rings. The van der Waals surface area contributed by atoms with E-state index in [1.54, 1.807) is 0 Å². The molecule has 0 amide bonds.